The first kappa shape index (κ1) is 8.97. The Hall–Kier alpha value is -0.120. The quantitative estimate of drug-likeness (QED) is 0.529. The maximum Gasteiger partial charge on any atom is 0.0907 e. The second-order valence-electron chi connectivity index (χ2n) is 3.69. The second kappa shape index (κ2) is 3.52. The first-order valence-electron chi connectivity index (χ1n) is 4.29. The molecule has 0 aromatic carbocycles. The molecule has 3 N–H and O–H groups in total. The molecular weight excluding hydrogens is 140 g/mol. The third-order valence-corrected chi connectivity index (χ3v) is 2.06. The van der Waals surface area contributed by atoms with Crippen molar-refractivity contribution in [3.05, 3.63) is 0 Å². The molecule has 66 valence electrons. The van der Waals surface area contributed by atoms with Crippen molar-refractivity contribution < 1.29 is 5.11 Å². The van der Waals surface area contributed by atoms with Gasteiger partial charge in [-0.2, -0.15) is 0 Å². The highest BCUT2D eigenvalue weighted by atomic mass is 16.3. The van der Waals surface area contributed by atoms with E-state index in [1.54, 1.807) is 0 Å². The number of β-amino-alcohol motifs (C(OH)–C–C–N with tert-alkyl or cyclic N) is 1. The molecule has 0 amide bonds. The van der Waals surface area contributed by atoms with Gasteiger partial charge in [0, 0.05) is 19.1 Å². The van der Waals surface area contributed by atoms with Gasteiger partial charge in [-0.1, -0.05) is 13.8 Å². The molecule has 1 fully saturated rings. The fraction of sp³-hybridized carbons (Fsp3) is 1.00. The molecule has 3 heteroatoms. The summed E-state index contributed by atoms with van der Waals surface area (Å²) in [7, 11) is 0. The van der Waals surface area contributed by atoms with Crippen molar-refractivity contribution in [1.29, 1.82) is 0 Å². The zero-order chi connectivity index (χ0) is 8.32. The SMILES string of the molecule is CC(C)NCC1(O)CCNC1. The summed E-state index contributed by atoms with van der Waals surface area (Å²) in [5.41, 5.74) is -0.496. The maximum atomic E-state index is 9.82. The van der Waals surface area contributed by atoms with Crippen LogP contribution in [0.1, 0.15) is 20.3 Å². The van der Waals surface area contributed by atoms with Gasteiger partial charge >= 0.3 is 0 Å². The van der Waals surface area contributed by atoms with Gasteiger partial charge in [0.05, 0.1) is 5.60 Å². The van der Waals surface area contributed by atoms with E-state index in [-0.39, 0.29) is 0 Å². The summed E-state index contributed by atoms with van der Waals surface area (Å²) in [5.74, 6) is 0. The van der Waals surface area contributed by atoms with E-state index in [4.69, 9.17) is 0 Å². The highest BCUT2D eigenvalue weighted by Gasteiger charge is 2.30. The van der Waals surface area contributed by atoms with Crippen LogP contribution in [0.3, 0.4) is 0 Å². The molecular formula is C8H18N2O. The van der Waals surface area contributed by atoms with E-state index in [1.807, 2.05) is 0 Å². The minimum absolute atomic E-state index is 0.458. The summed E-state index contributed by atoms with van der Waals surface area (Å²) in [5, 5.41) is 16.2. The number of hydrogen-bond donors (Lipinski definition) is 3. The Kier molecular flexibility index (Phi) is 2.87. The van der Waals surface area contributed by atoms with Crippen molar-refractivity contribution >= 4 is 0 Å². The van der Waals surface area contributed by atoms with Gasteiger partial charge in [0.2, 0.25) is 0 Å². The van der Waals surface area contributed by atoms with Crippen molar-refractivity contribution in [2.75, 3.05) is 19.6 Å². The van der Waals surface area contributed by atoms with Crippen LogP contribution in [0.5, 0.6) is 0 Å². The molecule has 11 heavy (non-hydrogen) atoms. The number of aliphatic hydroxyl groups is 1. The first-order chi connectivity index (χ1) is 5.12. The van der Waals surface area contributed by atoms with Gasteiger partial charge < -0.3 is 15.7 Å². The fourth-order valence-electron chi connectivity index (χ4n) is 1.28. The highest BCUT2D eigenvalue weighted by Crippen LogP contribution is 2.12. The third kappa shape index (κ3) is 2.77. The molecule has 0 saturated carbocycles. The summed E-state index contributed by atoms with van der Waals surface area (Å²) < 4.78 is 0. The van der Waals surface area contributed by atoms with E-state index in [1.165, 1.54) is 0 Å². The Balaban J connectivity index is 2.23. The van der Waals surface area contributed by atoms with Crippen LogP contribution in [0.15, 0.2) is 0 Å². The molecule has 3 nitrogen and oxygen atoms in total. The molecule has 1 aliphatic heterocycles. The maximum absolute atomic E-state index is 9.82. The predicted molar refractivity (Wildman–Crippen MR) is 45.6 cm³/mol. The lowest BCUT2D eigenvalue weighted by Crippen LogP contribution is -2.44. The normalized spacial score (nSPS) is 31.6. The molecule has 1 atom stereocenters. The topological polar surface area (TPSA) is 44.3 Å². The Morgan fingerprint density at radius 1 is 1.64 bits per heavy atom. The molecule has 1 unspecified atom stereocenters. The van der Waals surface area contributed by atoms with E-state index in [2.05, 4.69) is 24.5 Å². The summed E-state index contributed by atoms with van der Waals surface area (Å²) in [6, 6.07) is 0.458. The van der Waals surface area contributed by atoms with Crippen molar-refractivity contribution in [2.45, 2.75) is 31.9 Å². The standard InChI is InChI=1S/C8H18N2O/c1-7(2)10-6-8(11)3-4-9-5-8/h7,9-11H,3-6H2,1-2H3. The Labute approximate surface area is 68.2 Å². The average molecular weight is 158 g/mol. The van der Waals surface area contributed by atoms with E-state index in [0.29, 0.717) is 12.6 Å². The third-order valence-electron chi connectivity index (χ3n) is 2.06. The van der Waals surface area contributed by atoms with Crippen LogP contribution >= 0.6 is 0 Å². The van der Waals surface area contributed by atoms with Crippen molar-refractivity contribution in [3.63, 3.8) is 0 Å². The monoisotopic (exact) mass is 158 g/mol. The Morgan fingerprint density at radius 3 is 2.82 bits per heavy atom. The van der Waals surface area contributed by atoms with E-state index in [9.17, 15) is 5.11 Å². The molecule has 1 heterocycles. The largest absolute Gasteiger partial charge is 0.387 e. The highest BCUT2D eigenvalue weighted by molar-refractivity contribution is 4.89. The van der Waals surface area contributed by atoms with Gasteiger partial charge in [-0.3, -0.25) is 0 Å². The van der Waals surface area contributed by atoms with Crippen LogP contribution in [0.4, 0.5) is 0 Å². The van der Waals surface area contributed by atoms with Gasteiger partial charge in [0.15, 0.2) is 0 Å². The molecule has 0 aromatic rings. The van der Waals surface area contributed by atoms with Crippen LogP contribution in [-0.4, -0.2) is 36.4 Å². The zero-order valence-corrected chi connectivity index (χ0v) is 7.35. The van der Waals surface area contributed by atoms with E-state index >= 15 is 0 Å². The minimum atomic E-state index is -0.496. The molecule has 0 bridgehead atoms. The molecule has 1 rings (SSSR count). The molecule has 0 aliphatic carbocycles. The van der Waals surface area contributed by atoms with Crippen LogP contribution in [0, 0.1) is 0 Å². The van der Waals surface area contributed by atoms with Gasteiger partial charge in [-0.05, 0) is 13.0 Å². The summed E-state index contributed by atoms with van der Waals surface area (Å²) in [6.07, 6.45) is 0.868. The number of nitrogens with one attached hydrogen (secondary N) is 2. The van der Waals surface area contributed by atoms with Crippen LogP contribution in [-0.2, 0) is 0 Å². The van der Waals surface area contributed by atoms with Crippen molar-refractivity contribution in [1.82, 2.24) is 10.6 Å². The van der Waals surface area contributed by atoms with Crippen LogP contribution < -0.4 is 10.6 Å². The predicted octanol–water partition coefficient (Wildman–Crippen LogP) is -0.291. The summed E-state index contributed by atoms with van der Waals surface area (Å²) >= 11 is 0. The van der Waals surface area contributed by atoms with E-state index < -0.39 is 5.60 Å². The first-order valence-corrected chi connectivity index (χ1v) is 4.29. The molecule has 1 saturated heterocycles. The van der Waals surface area contributed by atoms with Crippen molar-refractivity contribution in [3.8, 4) is 0 Å². The lowest BCUT2D eigenvalue weighted by Gasteiger charge is -2.22. The fourth-order valence-corrected chi connectivity index (χ4v) is 1.28. The number of rotatable bonds is 3. The summed E-state index contributed by atoms with van der Waals surface area (Å²) in [6.45, 7) is 6.55. The van der Waals surface area contributed by atoms with Gasteiger partial charge in [0.1, 0.15) is 0 Å². The number of hydrogen-bond acceptors (Lipinski definition) is 3. The van der Waals surface area contributed by atoms with Gasteiger partial charge in [0.25, 0.3) is 0 Å². The average Bonchev–Trinajstić information content (AvgIpc) is 2.33. The second-order valence-corrected chi connectivity index (χ2v) is 3.69. The lowest BCUT2D eigenvalue weighted by molar-refractivity contribution is 0.0592. The molecule has 0 aromatic heterocycles. The van der Waals surface area contributed by atoms with Crippen molar-refractivity contribution in [2.24, 2.45) is 0 Å². The van der Waals surface area contributed by atoms with Gasteiger partial charge in [-0.25, -0.2) is 0 Å². The Morgan fingerprint density at radius 2 is 2.36 bits per heavy atom. The Bertz CT molecular complexity index is 119. The molecule has 1 aliphatic rings. The lowest BCUT2D eigenvalue weighted by atomic mass is 10.0. The van der Waals surface area contributed by atoms with Gasteiger partial charge in [-0.15, -0.1) is 0 Å². The summed E-state index contributed by atoms with van der Waals surface area (Å²) in [4.78, 5) is 0. The van der Waals surface area contributed by atoms with Crippen LogP contribution in [0.25, 0.3) is 0 Å². The van der Waals surface area contributed by atoms with Crippen LogP contribution in [0.2, 0.25) is 0 Å². The zero-order valence-electron chi connectivity index (χ0n) is 7.35. The molecule has 0 radical (unpaired) electrons. The molecule has 0 spiro atoms. The minimum Gasteiger partial charge on any atom is -0.387 e. The smallest absolute Gasteiger partial charge is 0.0907 e. The van der Waals surface area contributed by atoms with E-state index in [0.717, 1.165) is 19.5 Å².